The van der Waals surface area contributed by atoms with E-state index in [0.717, 1.165) is 31.2 Å². The number of urea groups is 1. The Labute approximate surface area is 247 Å². The van der Waals surface area contributed by atoms with Crippen LogP contribution in [0.1, 0.15) is 61.9 Å². The standard InChI is InChI=1S/C30H40Cl2N4O4/c1-19-15-36(20(2)18-37)29(38)23-10-7-11-26(34-30(39)33-22-8-5-4-6-9-22)28(23)40-27(19)17-35(3)16-21-12-13-24(31)25(32)14-21/h7,10-14,19-20,22,27,37H,4-6,8-9,15-18H2,1-3H3,(H2,33,34,39)/t19-,20-,27-/m0/s1. The van der Waals surface area contributed by atoms with Crippen LogP contribution in [0.15, 0.2) is 36.4 Å². The first-order valence-corrected chi connectivity index (χ1v) is 14.8. The molecule has 1 aliphatic heterocycles. The molecular formula is C30H40Cl2N4O4. The molecule has 1 heterocycles. The minimum Gasteiger partial charge on any atom is -0.486 e. The number of hydrogen-bond acceptors (Lipinski definition) is 5. The maximum atomic E-state index is 13.7. The number of hydrogen-bond donors (Lipinski definition) is 3. The molecule has 2 aromatic carbocycles. The number of para-hydroxylation sites is 1. The van der Waals surface area contributed by atoms with E-state index in [-0.39, 0.29) is 42.7 Å². The highest BCUT2D eigenvalue weighted by Gasteiger charge is 2.34. The van der Waals surface area contributed by atoms with Crippen molar-refractivity contribution in [2.45, 2.75) is 70.7 Å². The summed E-state index contributed by atoms with van der Waals surface area (Å²) >= 11 is 12.3. The molecule has 3 amide bonds. The summed E-state index contributed by atoms with van der Waals surface area (Å²) in [4.78, 5) is 30.5. The fraction of sp³-hybridized carbons (Fsp3) is 0.533. The monoisotopic (exact) mass is 590 g/mol. The smallest absolute Gasteiger partial charge is 0.319 e. The number of rotatable bonds is 8. The molecule has 0 spiro atoms. The maximum absolute atomic E-state index is 13.7. The first-order valence-electron chi connectivity index (χ1n) is 14.1. The fourth-order valence-electron chi connectivity index (χ4n) is 5.47. The number of anilines is 1. The number of nitrogens with zero attached hydrogens (tertiary/aromatic N) is 2. The number of benzene rings is 2. The van der Waals surface area contributed by atoms with Gasteiger partial charge in [0, 0.05) is 31.6 Å². The van der Waals surface area contributed by atoms with E-state index in [0.29, 0.717) is 46.7 Å². The molecule has 2 aliphatic rings. The van der Waals surface area contributed by atoms with Gasteiger partial charge < -0.3 is 25.4 Å². The molecular weight excluding hydrogens is 551 g/mol. The summed E-state index contributed by atoms with van der Waals surface area (Å²) < 4.78 is 6.61. The number of aliphatic hydroxyl groups is 1. The van der Waals surface area contributed by atoms with E-state index in [9.17, 15) is 14.7 Å². The topological polar surface area (TPSA) is 94.1 Å². The molecule has 0 bridgehead atoms. The Kier molecular flexibility index (Phi) is 10.6. The maximum Gasteiger partial charge on any atom is 0.319 e. The van der Waals surface area contributed by atoms with Crippen molar-refractivity contribution in [3.8, 4) is 5.75 Å². The number of amides is 3. The summed E-state index contributed by atoms with van der Waals surface area (Å²) in [5, 5.41) is 17.0. The second kappa shape index (κ2) is 13.9. The minimum atomic E-state index is -0.373. The van der Waals surface area contributed by atoms with Crippen LogP contribution in [0.3, 0.4) is 0 Å². The lowest BCUT2D eigenvalue weighted by atomic mass is 9.96. The molecule has 0 radical (unpaired) electrons. The third-order valence-electron chi connectivity index (χ3n) is 7.81. The van der Waals surface area contributed by atoms with E-state index in [1.54, 1.807) is 29.2 Å². The number of ether oxygens (including phenoxy) is 1. The molecule has 3 atom stereocenters. The molecule has 0 aromatic heterocycles. The molecule has 8 nitrogen and oxygen atoms in total. The summed E-state index contributed by atoms with van der Waals surface area (Å²) in [6, 6.07) is 10.3. The molecule has 0 unspecified atom stereocenters. The number of halogens is 2. The first-order chi connectivity index (χ1) is 19.2. The van der Waals surface area contributed by atoms with Crippen LogP contribution in [-0.2, 0) is 6.54 Å². The molecule has 2 aromatic rings. The molecule has 1 saturated carbocycles. The Morgan fingerprint density at radius 2 is 1.93 bits per heavy atom. The van der Waals surface area contributed by atoms with Crippen LogP contribution in [0.25, 0.3) is 0 Å². The predicted octanol–water partition coefficient (Wildman–Crippen LogP) is 5.80. The van der Waals surface area contributed by atoms with Gasteiger partial charge in [-0.15, -0.1) is 0 Å². The van der Waals surface area contributed by atoms with Gasteiger partial charge in [0.15, 0.2) is 5.75 Å². The highest BCUT2D eigenvalue weighted by Crippen LogP contribution is 2.35. The normalized spacial score (nSPS) is 20.8. The van der Waals surface area contributed by atoms with Crippen LogP contribution in [0.2, 0.25) is 10.0 Å². The SMILES string of the molecule is C[C@H]1CN([C@@H](C)CO)C(=O)c2cccc(NC(=O)NC3CCCCC3)c2O[C@H]1CN(C)Cc1ccc(Cl)c(Cl)c1. The number of nitrogens with one attached hydrogen (secondary N) is 2. The van der Waals surface area contributed by atoms with Crippen LogP contribution in [-0.4, -0.2) is 71.8 Å². The van der Waals surface area contributed by atoms with Gasteiger partial charge in [0.1, 0.15) is 6.10 Å². The van der Waals surface area contributed by atoms with E-state index in [2.05, 4.69) is 15.5 Å². The summed E-state index contributed by atoms with van der Waals surface area (Å²) in [5.41, 5.74) is 1.82. The van der Waals surface area contributed by atoms with Crippen LogP contribution < -0.4 is 15.4 Å². The lowest BCUT2D eigenvalue weighted by Crippen LogP contribution is -2.50. The predicted molar refractivity (Wildman–Crippen MR) is 159 cm³/mol. The van der Waals surface area contributed by atoms with Crippen molar-refractivity contribution in [2.24, 2.45) is 5.92 Å². The first kappa shape index (κ1) is 30.4. The van der Waals surface area contributed by atoms with Gasteiger partial charge in [-0.3, -0.25) is 9.69 Å². The zero-order valence-corrected chi connectivity index (χ0v) is 25.0. The van der Waals surface area contributed by atoms with Gasteiger partial charge in [0.25, 0.3) is 5.91 Å². The van der Waals surface area contributed by atoms with Gasteiger partial charge in [-0.25, -0.2) is 4.79 Å². The van der Waals surface area contributed by atoms with Crippen LogP contribution in [0.5, 0.6) is 5.75 Å². The van der Waals surface area contributed by atoms with Gasteiger partial charge in [-0.05, 0) is 56.6 Å². The Balaban J connectivity index is 1.60. The van der Waals surface area contributed by atoms with E-state index < -0.39 is 0 Å². The third kappa shape index (κ3) is 7.60. The highest BCUT2D eigenvalue weighted by molar-refractivity contribution is 6.42. The summed E-state index contributed by atoms with van der Waals surface area (Å²) in [5.74, 6) is 0.0507. The lowest BCUT2D eigenvalue weighted by Gasteiger charge is -2.38. The molecule has 10 heteroatoms. The van der Waals surface area contributed by atoms with Crippen LogP contribution in [0, 0.1) is 5.92 Å². The molecule has 0 saturated heterocycles. The van der Waals surface area contributed by atoms with Crippen LogP contribution in [0.4, 0.5) is 10.5 Å². The van der Waals surface area contributed by atoms with E-state index in [4.69, 9.17) is 27.9 Å². The molecule has 4 rings (SSSR count). The Morgan fingerprint density at radius 3 is 2.62 bits per heavy atom. The Bertz CT molecular complexity index is 1190. The fourth-order valence-corrected chi connectivity index (χ4v) is 5.79. The van der Waals surface area contributed by atoms with E-state index in [1.807, 2.05) is 33.0 Å². The van der Waals surface area contributed by atoms with Crippen molar-refractivity contribution >= 4 is 40.8 Å². The summed E-state index contributed by atoms with van der Waals surface area (Å²) in [6.07, 6.45) is 5.04. The van der Waals surface area contributed by atoms with Gasteiger partial charge in [-0.2, -0.15) is 0 Å². The number of carbonyl (C=O) groups is 2. The second-order valence-corrected chi connectivity index (χ2v) is 12.0. The Hall–Kier alpha value is -2.52. The van der Waals surface area contributed by atoms with Gasteiger partial charge in [0.2, 0.25) is 0 Å². The number of aliphatic hydroxyl groups excluding tert-OH is 1. The van der Waals surface area contributed by atoms with Crippen molar-refractivity contribution in [1.29, 1.82) is 0 Å². The quantitative estimate of drug-likeness (QED) is 0.361. The zero-order chi connectivity index (χ0) is 28.8. The lowest BCUT2D eigenvalue weighted by molar-refractivity contribution is 0.0343. The van der Waals surface area contributed by atoms with E-state index >= 15 is 0 Å². The van der Waals surface area contributed by atoms with Crippen molar-refractivity contribution in [2.75, 3.05) is 32.1 Å². The van der Waals surface area contributed by atoms with Crippen molar-refractivity contribution < 1.29 is 19.4 Å². The van der Waals surface area contributed by atoms with Gasteiger partial charge in [-0.1, -0.05) is 61.5 Å². The molecule has 3 N–H and O–H groups in total. The molecule has 218 valence electrons. The number of fused-ring (bicyclic) bond motifs is 1. The van der Waals surface area contributed by atoms with Gasteiger partial charge >= 0.3 is 6.03 Å². The van der Waals surface area contributed by atoms with Crippen molar-refractivity contribution in [1.82, 2.24) is 15.1 Å². The van der Waals surface area contributed by atoms with Gasteiger partial charge in [0.05, 0.1) is 33.9 Å². The number of likely N-dealkylation sites (N-methyl/N-ethyl adjacent to an activating group) is 1. The average Bonchev–Trinajstić information content (AvgIpc) is 2.93. The molecule has 1 fully saturated rings. The van der Waals surface area contributed by atoms with Crippen molar-refractivity contribution in [3.63, 3.8) is 0 Å². The largest absolute Gasteiger partial charge is 0.486 e. The molecule has 1 aliphatic carbocycles. The van der Waals surface area contributed by atoms with E-state index in [1.165, 1.54) is 6.42 Å². The number of carbonyl (C=O) groups excluding carboxylic acids is 2. The van der Waals surface area contributed by atoms with Crippen molar-refractivity contribution in [3.05, 3.63) is 57.6 Å². The Morgan fingerprint density at radius 1 is 1.18 bits per heavy atom. The highest BCUT2D eigenvalue weighted by atomic mass is 35.5. The zero-order valence-electron chi connectivity index (χ0n) is 23.5. The summed E-state index contributed by atoms with van der Waals surface area (Å²) in [7, 11) is 2.00. The second-order valence-electron chi connectivity index (χ2n) is 11.2. The summed E-state index contributed by atoms with van der Waals surface area (Å²) in [6.45, 7) is 5.31. The van der Waals surface area contributed by atoms with Crippen LogP contribution >= 0.6 is 23.2 Å². The average molecular weight is 592 g/mol. The molecule has 40 heavy (non-hydrogen) atoms. The minimum absolute atomic E-state index is 0.0634. The third-order valence-corrected chi connectivity index (χ3v) is 8.55.